The summed E-state index contributed by atoms with van der Waals surface area (Å²) >= 11 is 0. The predicted octanol–water partition coefficient (Wildman–Crippen LogP) is 3.74. The maximum Gasteiger partial charge on any atom is 0.251 e. The van der Waals surface area contributed by atoms with E-state index in [9.17, 15) is 9.90 Å². The molecule has 26 heavy (non-hydrogen) atoms. The van der Waals surface area contributed by atoms with Crippen LogP contribution < -0.4 is 10.6 Å². The van der Waals surface area contributed by atoms with E-state index in [0.717, 1.165) is 42.5 Å². The molecule has 0 aliphatic heterocycles. The fraction of sp³-hybridized carbons (Fsp3) is 0.409. The Hall–Kier alpha value is -2.17. The Labute approximate surface area is 156 Å². The molecular weight excluding hydrogens is 324 g/mol. The topological polar surface area (TPSA) is 61.4 Å². The van der Waals surface area contributed by atoms with Gasteiger partial charge in [0.1, 0.15) is 0 Å². The van der Waals surface area contributed by atoms with E-state index in [4.69, 9.17) is 0 Å². The van der Waals surface area contributed by atoms with Crippen molar-refractivity contribution in [1.29, 1.82) is 0 Å². The number of rotatable bonds is 10. The highest BCUT2D eigenvalue weighted by atomic mass is 16.3. The molecule has 1 amide bonds. The Kier molecular flexibility index (Phi) is 8.32. The molecule has 0 heterocycles. The number of carbonyl (C=O) groups excluding carboxylic acids is 1. The average molecular weight is 354 g/mol. The van der Waals surface area contributed by atoms with Crippen molar-refractivity contribution in [3.63, 3.8) is 0 Å². The molecule has 0 radical (unpaired) electrons. The maximum atomic E-state index is 12.3. The fourth-order valence-electron chi connectivity index (χ4n) is 2.81. The van der Waals surface area contributed by atoms with Gasteiger partial charge in [0.05, 0.1) is 6.61 Å². The number of hydrogen-bond acceptors (Lipinski definition) is 3. The van der Waals surface area contributed by atoms with Gasteiger partial charge >= 0.3 is 0 Å². The van der Waals surface area contributed by atoms with Crippen LogP contribution in [0.25, 0.3) is 11.1 Å². The zero-order chi connectivity index (χ0) is 18.8. The molecule has 0 aromatic heterocycles. The number of carbonyl (C=O) groups is 1. The molecule has 3 N–H and O–H groups in total. The van der Waals surface area contributed by atoms with Crippen LogP contribution in [0.2, 0.25) is 0 Å². The first kappa shape index (κ1) is 20.1. The minimum Gasteiger partial charge on any atom is -0.392 e. The highest BCUT2D eigenvalue weighted by Crippen LogP contribution is 2.24. The summed E-state index contributed by atoms with van der Waals surface area (Å²) in [5.41, 5.74) is 3.35. The minimum absolute atomic E-state index is 0.0887. The molecule has 4 nitrogen and oxygen atoms in total. The number of aliphatic hydroxyl groups excluding tert-OH is 1. The van der Waals surface area contributed by atoms with Crippen LogP contribution in [0.1, 0.15) is 49.0 Å². The first-order valence-corrected chi connectivity index (χ1v) is 9.46. The zero-order valence-corrected chi connectivity index (χ0v) is 15.8. The normalized spacial score (nSPS) is 12.0. The summed E-state index contributed by atoms with van der Waals surface area (Å²) in [7, 11) is 0. The first-order chi connectivity index (χ1) is 12.7. The molecule has 140 valence electrons. The fourth-order valence-corrected chi connectivity index (χ4v) is 2.81. The number of unbranched alkanes of at least 4 members (excludes halogenated alkanes) is 1. The summed E-state index contributed by atoms with van der Waals surface area (Å²) in [6.45, 7) is 5.90. The van der Waals surface area contributed by atoms with Crippen LogP contribution in [-0.4, -0.2) is 30.1 Å². The number of aliphatic hydroxyl groups is 1. The van der Waals surface area contributed by atoms with Crippen LogP contribution in [0.4, 0.5) is 0 Å². The Morgan fingerprint density at radius 1 is 1.08 bits per heavy atom. The number of benzene rings is 2. The zero-order valence-electron chi connectivity index (χ0n) is 15.8. The second-order valence-corrected chi connectivity index (χ2v) is 6.62. The van der Waals surface area contributed by atoms with Gasteiger partial charge < -0.3 is 15.7 Å². The predicted molar refractivity (Wildman–Crippen MR) is 107 cm³/mol. The van der Waals surface area contributed by atoms with Crippen LogP contribution in [-0.2, 0) is 6.61 Å². The largest absolute Gasteiger partial charge is 0.392 e. The van der Waals surface area contributed by atoms with Crippen molar-refractivity contribution < 1.29 is 9.90 Å². The van der Waals surface area contributed by atoms with Crippen molar-refractivity contribution in [2.45, 2.75) is 45.8 Å². The molecule has 0 saturated heterocycles. The number of hydrogen-bond donors (Lipinski definition) is 3. The average Bonchev–Trinajstić information content (AvgIpc) is 2.70. The van der Waals surface area contributed by atoms with Crippen molar-refractivity contribution in [1.82, 2.24) is 10.6 Å². The van der Waals surface area contributed by atoms with Crippen molar-refractivity contribution >= 4 is 5.91 Å². The molecule has 1 atom stereocenters. The quantitative estimate of drug-likeness (QED) is 0.570. The van der Waals surface area contributed by atoms with E-state index < -0.39 is 0 Å². The van der Waals surface area contributed by atoms with Gasteiger partial charge in [-0.15, -0.1) is 0 Å². The summed E-state index contributed by atoms with van der Waals surface area (Å²) in [6.07, 6.45) is 3.12. The van der Waals surface area contributed by atoms with Crippen LogP contribution in [0.5, 0.6) is 0 Å². The van der Waals surface area contributed by atoms with Crippen molar-refractivity contribution in [2.75, 3.05) is 13.1 Å². The van der Waals surface area contributed by atoms with E-state index in [1.54, 1.807) is 6.07 Å². The van der Waals surface area contributed by atoms with E-state index >= 15 is 0 Å². The lowest BCUT2D eigenvalue weighted by atomic mass is 9.97. The van der Waals surface area contributed by atoms with Gasteiger partial charge in [0.15, 0.2) is 0 Å². The van der Waals surface area contributed by atoms with E-state index in [-0.39, 0.29) is 12.5 Å². The number of amides is 1. The van der Waals surface area contributed by atoms with E-state index in [2.05, 4.69) is 24.5 Å². The molecule has 0 bridgehead atoms. The molecule has 0 spiro atoms. The van der Waals surface area contributed by atoms with Gasteiger partial charge in [0.25, 0.3) is 5.91 Å². The van der Waals surface area contributed by atoms with Gasteiger partial charge in [-0.2, -0.15) is 0 Å². The SMILES string of the molecule is CC[C@@H](C)NCCCCNC(=O)c1ccc(-c2ccccc2)c(CO)c1. The molecular formula is C22H30N2O2. The Morgan fingerprint density at radius 2 is 1.81 bits per heavy atom. The van der Waals surface area contributed by atoms with Crippen LogP contribution >= 0.6 is 0 Å². The molecule has 0 aliphatic carbocycles. The third-order valence-corrected chi connectivity index (χ3v) is 4.62. The van der Waals surface area contributed by atoms with Gasteiger partial charge in [-0.05, 0) is 61.6 Å². The van der Waals surface area contributed by atoms with Crippen LogP contribution in [0.3, 0.4) is 0 Å². The Balaban J connectivity index is 1.87. The molecule has 0 unspecified atom stereocenters. The Morgan fingerprint density at radius 3 is 2.50 bits per heavy atom. The Bertz CT molecular complexity index is 686. The molecule has 4 heteroatoms. The van der Waals surface area contributed by atoms with Crippen molar-refractivity contribution in [3.05, 3.63) is 59.7 Å². The van der Waals surface area contributed by atoms with Gasteiger partial charge in [0.2, 0.25) is 0 Å². The smallest absolute Gasteiger partial charge is 0.251 e. The molecule has 2 rings (SSSR count). The van der Waals surface area contributed by atoms with E-state index in [1.807, 2.05) is 42.5 Å². The first-order valence-electron chi connectivity index (χ1n) is 9.46. The summed E-state index contributed by atoms with van der Waals surface area (Å²) in [4.78, 5) is 12.3. The molecule has 2 aromatic carbocycles. The monoisotopic (exact) mass is 354 g/mol. The van der Waals surface area contributed by atoms with Crippen LogP contribution in [0.15, 0.2) is 48.5 Å². The molecule has 0 aliphatic rings. The van der Waals surface area contributed by atoms with E-state index in [1.165, 1.54) is 0 Å². The molecule has 0 saturated carbocycles. The van der Waals surface area contributed by atoms with Gasteiger partial charge in [-0.1, -0.05) is 43.3 Å². The third kappa shape index (κ3) is 5.97. The summed E-state index contributed by atoms with van der Waals surface area (Å²) in [5, 5.41) is 16.1. The molecule has 2 aromatic rings. The lowest BCUT2D eigenvalue weighted by Crippen LogP contribution is -2.28. The minimum atomic E-state index is -0.0906. The second-order valence-electron chi connectivity index (χ2n) is 6.62. The van der Waals surface area contributed by atoms with E-state index in [0.29, 0.717) is 18.2 Å². The lowest BCUT2D eigenvalue weighted by Gasteiger charge is -2.12. The summed E-state index contributed by atoms with van der Waals surface area (Å²) in [6, 6.07) is 16.0. The standard InChI is InChI=1S/C22H30N2O2/c1-3-17(2)23-13-7-8-14-24-22(26)19-11-12-21(20(15-19)16-25)18-9-5-4-6-10-18/h4-6,9-12,15,17,23,25H,3,7-8,13-14,16H2,1-2H3,(H,24,26)/t17-/m1/s1. The second kappa shape index (κ2) is 10.7. The highest BCUT2D eigenvalue weighted by Gasteiger charge is 2.10. The highest BCUT2D eigenvalue weighted by molar-refractivity contribution is 5.95. The van der Waals surface area contributed by atoms with Crippen molar-refractivity contribution in [3.8, 4) is 11.1 Å². The third-order valence-electron chi connectivity index (χ3n) is 4.62. The van der Waals surface area contributed by atoms with Crippen LogP contribution in [0, 0.1) is 0 Å². The van der Waals surface area contributed by atoms with Gasteiger partial charge in [0, 0.05) is 18.2 Å². The lowest BCUT2D eigenvalue weighted by molar-refractivity contribution is 0.0953. The van der Waals surface area contributed by atoms with Crippen molar-refractivity contribution in [2.24, 2.45) is 0 Å². The summed E-state index contributed by atoms with van der Waals surface area (Å²) < 4.78 is 0. The molecule has 0 fully saturated rings. The summed E-state index contributed by atoms with van der Waals surface area (Å²) in [5.74, 6) is -0.0887. The van der Waals surface area contributed by atoms with Gasteiger partial charge in [-0.25, -0.2) is 0 Å². The maximum absolute atomic E-state index is 12.3. The van der Waals surface area contributed by atoms with Gasteiger partial charge in [-0.3, -0.25) is 4.79 Å². The number of nitrogens with one attached hydrogen (secondary N) is 2.